The van der Waals surface area contributed by atoms with Gasteiger partial charge in [0.1, 0.15) is 0 Å². The van der Waals surface area contributed by atoms with Crippen LogP contribution in [0.2, 0.25) is 5.02 Å². The Kier molecular flexibility index (Phi) is 6.12. The summed E-state index contributed by atoms with van der Waals surface area (Å²) in [5, 5.41) is 3.58. The van der Waals surface area contributed by atoms with Crippen LogP contribution in [-0.4, -0.2) is 32.5 Å². The molecule has 0 bridgehead atoms. The number of halogens is 1. The highest BCUT2D eigenvalue weighted by atomic mass is 35.5. The van der Waals surface area contributed by atoms with Crippen LogP contribution in [0.5, 0.6) is 0 Å². The highest BCUT2D eigenvalue weighted by Gasteiger charge is 2.14. The molecule has 5 heteroatoms. The normalized spacial score (nSPS) is 12.0. The third-order valence-electron chi connectivity index (χ3n) is 2.79. The fraction of sp³-hybridized carbons (Fsp3) is 0.538. The summed E-state index contributed by atoms with van der Waals surface area (Å²) in [4.78, 5) is 0. The lowest BCUT2D eigenvalue weighted by atomic mass is 10.1. The van der Waals surface area contributed by atoms with Gasteiger partial charge in [-0.2, -0.15) is 0 Å². The van der Waals surface area contributed by atoms with Crippen molar-refractivity contribution in [3.05, 3.63) is 34.9 Å². The molecule has 18 heavy (non-hydrogen) atoms. The molecule has 0 heterocycles. The smallest absolute Gasteiger partial charge is 0.153 e. The van der Waals surface area contributed by atoms with E-state index in [1.165, 1.54) is 5.56 Å². The largest absolute Gasteiger partial charge is 0.315 e. The predicted molar refractivity (Wildman–Crippen MR) is 76.9 cm³/mol. The number of rotatable bonds is 7. The van der Waals surface area contributed by atoms with Crippen molar-refractivity contribution in [2.45, 2.75) is 25.5 Å². The van der Waals surface area contributed by atoms with Crippen molar-refractivity contribution in [1.82, 2.24) is 5.32 Å². The van der Waals surface area contributed by atoms with Crippen molar-refractivity contribution in [3.8, 4) is 0 Å². The fourth-order valence-corrected chi connectivity index (χ4v) is 2.49. The Bertz CT molecular complexity index is 454. The minimum Gasteiger partial charge on any atom is -0.315 e. The molecule has 0 saturated heterocycles. The highest BCUT2D eigenvalue weighted by Crippen LogP contribution is 2.09. The summed E-state index contributed by atoms with van der Waals surface area (Å²) in [6, 6.07) is 7.68. The monoisotopic (exact) mass is 289 g/mol. The third kappa shape index (κ3) is 5.38. The molecule has 1 rings (SSSR count). The van der Waals surface area contributed by atoms with Gasteiger partial charge in [-0.3, -0.25) is 0 Å². The first-order chi connectivity index (χ1) is 8.42. The second kappa shape index (κ2) is 7.12. The summed E-state index contributed by atoms with van der Waals surface area (Å²) in [7, 11) is -2.93. The maximum Gasteiger partial charge on any atom is 0.153 e. The molecular weight excluding hydrogens is 270 g/mol. The topological polar surface area (TPSA) is 46.2 Å². The third-order valence-corrected chi connectivity index (χ3v) is 5.25. The molecule has 0 unspecified atom stereocenters. The van der Waals surface area contributed by atoms with Crippen LogP contribution in [0.15, 0.2) is 24.3 Å². The molecule has 3 nitrogen and oxygen atoms in total. The molecule has 0 fully saturated rings. The van der Waals surface area contributed by atoms with E-state index in [4.69, 9.17) is 11.6 Å². The van der Waals surface area contributed by atoms with Crippen LogP contribution in [0, 0.1) is 0 Å². The van der Waals surface area contributed by atoms with Crippen molar-refractivity contribution in [1.29, 1.82) is 0 Å². The molecule has 0 saturated carbocycles. The van der Waals surface area contributed by atoms with Crippen molar-refractivity contribution in [3.63, 3.8) is 0 Å². The molecule has 0 aliphatic heterocycles. The van der Waals surface area contributed by atoms with Gasteiger partial charge in [0.05, 0.1) is 11.0 Å². The molecule has 0 radical (unpaired) electrons. The molecule has 1 N–H and O–H groups in total. The molecule has 0 aliphatic rings. The average Bonchev–Trinajstić information content (AvgIpc) is 2.31. The van der Waals surface area contributed by atoms with E-state index in [-0.39, 0.29) is 11.0 Å². The highest BCUT2D eigenvalue weighted by molar-refractivity contribution is 7.92. The Labute approximate surface area is 114 Å². The Hall–Kier alpha value is -0.580. The summed E-state index contributed by atoms with van der Waals surface area (Å²) in [5.41, 5.74) is 1.19. The van der Waals surface area contributed by atoms with Gasteiger partial charge in [-0.15, -0.1) is 0 Å². The number of nitrogens with one attached hydrogen (secondary N) is 1. The minimum atomic E-state index is -2.93. The van der Waals surface area contributed by atoms with E-state index < -0.39 is 9.84 Å². The van der Waals surface area contributed by atoms with Gasteiger partial charge in [0.2, 0.25) is 0 Å². The second-order valence-electron chi connectivity index (χ2n) is 4.54. The van der Waals surface area contributed by atoms with E-state index in [0.717, 1.165) is 18.0 Å². The van der Waals surface area contributed by atoms with Gasteiger partial charge in [-0.1, -0.05) is 23.7 Å². The van der Waals surface area contributed by atoms with Gasteiger partial charge in [-0.05, 0) is 44.5 Å². The van der Waals surface area contributed by atoms with Gasteiger partial charge in [0.25, 0.3) is 0 Å². The first-order valence-electron chi connectivity index (χ1n) is 6.08. The molecule has 1 aromatic rings. The van der Waals surface area contributed by atoms with Crippen LogP contribution in [0.4, 0.5) is 0 Å². The SMILES string of the molecule is CC(C)S(=O)(=O)CCNCCc1ccc(Cl)cc1. The molecule has 0 aliphatic carbocycles. The van der Waals surface area contributed by atoms with Crippen LogP contribution in [0.3, 0.4) is 0 Å². The lowest BCUT2D eigenvalue weighted by Gasteiger charge is -2.08. The molecule has 0 spiro atoms. The van der Waals surface area contributed by atoms with E-state index in [2.05, 4.69) is 5.32 Å². The van der Waals surface area contributed by atoms with E-state index >= 15 is 0 Å². The molecule has 0 aromatic heterocycles. The first-order valence-corrected chi connectivity index (χ1v) is 8.18. The van der Waals surface area contributed by atoms with Crippen molar-refractivity contribution < 1.29 is 8.42 Å². The Morgan fingerprint density at radius 1 is 1.17 bits per heavy atom. The average molecular weight is 290 g/mol. The van der Waals surface area contributed by atoms with Crippen LogP contribution >= 0.6 is 11.6 Å². The number of hydrogen-bond donors (Lipinski definition) is 1. The Morgan fingerprint density at radius 3 is 2.33 bits per heavy atom. The summed E-state index contributed by atoms with van der Waals surface area (Å²) in [6.45, 7) is 4.70. The summed E-state index contributed by atoms with van der Waals surface area (Å²) in [6.07, 6.45) is 0.874. The van der Waals surface area contributed by atoms with Gasteiger partial charge < -0.3 is 5.32 Å². The standard InChI is InChI=1S/C13H20ClNO2S/c1-11(2)18(16,17)10-9-15-8-7-12-3-5-13(14)6-4-12/h3-6,11,15H,7-10H2,1-2H3. The second-order valence-corrected chi connectivity index (χ2v) is 7.66. The quantitative estimate of drug-likeness (QED) is 0.784. The van der Waals surface area contributed by atoms with Crippen molar-refractivity contribution in [2.75, 3.05) is 18.8 Å². The zero-order valence-corrected chi connectivity index (χ0v) is 12.4. The number of hydrogen-bond acceptors (Lipinski definition) is 3. The van der Waals surface area contributed by atoms with E-state index in [1.807, 2.05) is 24.3 Å². The van der Waals surface area contributed by atoms with Gasteiger partial charge in [-0.25, -0.2) is 8.42 Å². The molecule has 0 amide bonds. The van der Waals surface area contributed by atoms with Gasteiger partial charge in [0, 0.05) is 11.6 Å². The predicted octanol–water partition coefficient (Wildman–Crippen LogP) is 2.30. The lowest BCUT2D eigenvalue weighted by molar-refractivity contribution is 0.582. The summed E-state index contributed by atoms with van der Waals surface area (Å²) >= 11 is 5.79. The fourth-order valence-electron chi connectivity index (χ4n) is 1.46. The van der Waals surface area contributed by atoms with Crippen molar-refractivity contribution in [2.24, 2.45) is 0 Å². The van der Waals surface area contributed by atoms with Crippen LogP contribution in [0.1, 0.15) is 19.4 Å². The van der Waals surface area contributed by atoms with E-state index in [9.17, 15) is 8.42 Å². The number of benzene rings is 1. The maximum atomic E-state index is 11.5. The lowest BCUT2D eigenvalue weighted by Crippen LogP contribution is -2.28. The van der Waals surface area contributed by atoms with Crippen molar-refractivity contribution >= 4 is 21.4 Å². The first kappa shape index (κ1) is 15.5. The molecular formula is C13H20ClNO2S. The summed E-state index contributed by atoms with van der Waals surface area (Å²) < 4.78 is 23.1. The molecule has 1 aromatic carbocycles. The van der Waals surface area contributed by atoms with Crippen LogP contribution in [-0.2, 0) is 16.3 Å². The van der Waals surface area contributed by atoms with Gasteiger partial charge >= 0.3 is 0 Å². The summed E-state index contributed by atoms with van der Waals surface area (Å²) in [5.74, 6) is 0.200. The minimum absolute atomic E-state index is 0.200. The van der Waals surface area contributed by atoms with Gasteiger partial charge in [0.15, 0.2) is 9.84 Å². The maximum absolute atomic E-state index is 11.5. The van der Waals surface area contributed by atoms with E-state index in [0.29, 0.717) is 6.54 Å². The molecule has 0 atom stereocenters. The zero-order chi connectivity index (χ0) is 13.6. The Morgan fingerprint density at radius 2 is 1.78 bits per heavy atom. The van der Waals surface area contributed by atoms with Crippen LogP contribution < -0.4 is 5.32 Å². The van der Waals surface area contributed by atoms with E-state index in [1.54, 1.807) is 13.8 Å². The van der Waals surface area contributed by atoms with Crippen LogP contribution in [0.25, 0.3) is 0 Å². The molecule has 102 valence electrons. The Balaban J connectivity index is 2.22. The zero-order valence-electron chi connectivity index (χ0n) is 10.8. The number of sulfone groups is 1.